The summed E-state index contributed by atoms with van der Waals surface area (Å²) in [7, 11) is 3.09. The van der Waals surface area contributed by atoms with Gasteiger partial charge in [0.05, 0.1) is 13.7 Å². The summed E-state index contributed by atoms with van der Waals surface area (Å²) in [5.41, 5.74) is 0.890. The van der Waals surface area contributed by atoms with Crippen LogP contribution in [0.3, 0.4) is 0 Å². The number of aliphatic hydroxyl groups is 1. The molecule has 0 spiro atoms. The molecule has 0 radical (unpaired) electrons. The van der Waals surface area contributed by atoms with Gasteiger partial charge in [-0.2, -0.15) is 0 Å². The predicted octanol–water partition coefficient (Wildman–Crippen LogP) is 1.84. The Balaban J connectivity index is 2.88. The molecule has 0 aliphatic heterocycles. The molecule has 0 aliphatic rings. The number of halogens is 1. The first-order chi connectivity index (χ1) is 9.62. The minimum absolute atomic E-state index is 0.130. The normalized spacial score (nSPS) is 12.2. The Morgan fingerprint density at radius 3 is 2.65 bits per heavy atom. The second-order valence-electron chi connectivity index (χ2n) is 4.30. The second-order valence-corrected chi connectivity index (χ2v) is 4.73. The van der Waals surface area contributed by atoms with Gasteiger partial charge in [0.15, 0.2) is 11.5 Å². The van der Waals surface area contributed by atoms with E-state index in [0.717, 1.165) is 12.1 Å². The maximum absolute atomic E-state index is 9.66. The molecule has 5 nitrogen and oxygen atoms in total. The largest absolute Gasteiger partial charge is 0.493 e. The molecule has 1 aromatic carbocycles. The van der Waals surface area contributed by atoms with Crippen molar-refractivity contribution in [1.29, 1.82) is 0 Å². The smallest absolute Gasteiger partial charge is 0.165 e. The van der Waals surface area contributed by atoms with Crippen molar-refractivity contribution in [2.24, 2.45) is 0 Å². The zero-order valence-corrected chi connectivity index (χ0v) is 12.9. The molecule has 0 saturated heterocycles. The molecule has 0 heterocycles. The summed E-state index contributed by atoms with van der Waals surface area (Å²) >= 11 is 6.06. The summed E-state index contributed by atoms with van der Waals surface area (Å²) in [6.45, 7) is 3.82. The van der Waals surface area contributed by atoms with Gasteiger partial charge in [-0.1, -0.05) is 18.5 Å². The first-order valence-corrected chi connectivity index (χ1v) is 6.87. The van der Waals surface area contributed by atoms with Gasteiger partial charge < -0.3 is 24.6 Å². The van der Waals surface area contributed by atoms with Gasteiger partial charge in [-0.05, 0) is 12.6 Å². The molecule has 1 unspecified atom stereocenters. The summed E-state index contributed by atoms with van der Waals surface area (Å²) in [5, 5.41) is 13.5. The van der Waals surface area contributed by atoms with Crippen LogP contribution in [0.1, 0.15) is 12.5 Å². The van der Waals surface area contributed by atoms with E-state index in [1.54, 1.807) is 13.2 Å². The summed E-state index contributed by atoms with van der Waals surface area (Å²) in [4.78, 5) is 0. The molecule has 20 heavy (non-hydrogen) atoms. The van der Waals surface area contributed by atoms with Crippen molar-refractivity contribution in [3.8, 4) is 11.5 Å². The van der Waals surface area contributed by atoms with Crippen LogP contribution in [-0.2, 0) is 11.3 Å². The Hall–Kier alpha value is -1.01. The lowest BCUT2D eigenvalue weighted by Crippen LogP contribution is -2.23. The van der Waals surface area contributed by atoms with E-state index >= 15 is 0 Å². The van der Waals surface area contributed by atoms with Gasteiger partial charge in [0.25, 0.3) is 0 Å². The van der Waals surface area contributed by atoms with Crippen molar-refractivity contribution < 1.29 is 19.3 Å². The highest BCUT2D eigenvalue weighted by molar-refractivity contribution is 6.30. The number of aliphatic hydroxyl groups excluding tert-OH is 1. The molecular weight excluding hydrogens is 282 g/mol. The van der Waals surface area contributed by atoms with Crippen LogP contribution in [0, 0.1) is 0 Å². The van der Waals surface area contributed by atoms with Crippen LogP contribution in [0.15, 0.2) is 12.1 Å². The van der Waals surface area contributed by atoms with Crippen LogP contribution in [0.2, 0.25) is 5.02 Å². The minimum Gasteiger partial charge on any atom is -0.493 e. The molecule has 0 bridgehead atoms. The summed E-state index contributed by atoms with van der Waals surface area (Å²) in [6, 6.07) is 3.51. The summed E-state index contributed by atoms with van der Waals surface area (Å²) in [5.74, 6) is 1.14. The van der Waals surface area contributed by atoms with Crippen LogP contribution in [0.25, 0.3) is 0 Å². The van der Waals surface area contributed by atoms with E-state index in [4.69, 9.17) is 25.8 Å². The van der Waals surface area contributed by atoms with E-state index in [-0.39, 0.29) is 13.2 Å². The summed E-state index contributed by atoms with van der Waals surface area (Å²) in [6.07, 6.45) is -0.688. The molecule has 1 aromatic rings. The molecule has 0 aromatic heterocycles. The van der Waals surface area contributed by atoms with Crippen LogP contribution < -0.4 is 14.8 Å². The fourth-order valence-corrected chi connectivity index (χ4v) is 1.98. The van der Waals surface area contributed by atoms with Crippen LogP contribution in [0.4, 0.5) is 0 Å². The lowest BCUT2D eigenvalue weighted by Gasteiger charge is -2.18. The highest BCUT2D eigenvalue weighted by Gasteiger charge is 2.14. The van der Waals surface area contributed by atoms with Crippen molar-refractivity contribution in [1.82, 2.24) is 5.32 Å². The molecule has 0 fully saturated rings. The van der Waals surface area contributed by atoms with E-state index in [9.17, 15) is 5.11 Å². The molecule has 1 rings (SSSR count). The average molecular weight is 304 g/mol. The number of nitrogens with one attached hydrogen (secondary N) is 1. The summed E-state index contributed by atoms with van der Waals surface area (Å²) < 4.78 is 15.8. The fraction of sp³-hybridized carbons (Fsp3) is 0.571. The van der Waals surface area contributed by atoms with E-state index in [1.165, 1.54) is 7.11 Å². The molecule has 6 heteroatoms. The van der Waals surface area contributed by atoms with Gasteiger partial charge in [-0.3, -0.25) is 0 Å². The van der Waals surface area contributed by atoms with Crippen molar-refractivity contribution in [3.05, 3.63) is 22.7 Å². The third-order valence-electron chi connectivity index (χ3n) is 2.66. The molecule has 0 aliphatic carbocycles. The Morgan fingerprint density at radius 1 is 1.30 bits per heavy atom. The number of hydrogen-bond donors (Lipinski definition) is 2. The Kier molecular flexibility index (Phi) is 7.69. The molecule has 0 saturated carbocycles. The van der Waals surface area contributed by atoms with Crippen molar-refractivity contribution in [2.75, 3.05) is 34.0 Å². The quantitative estimate of drug-likeness (QED) is 0.729. The topological polar surface area (TPSA) is 60.0 Å². The van der Waals surface area contributed by atoms with Crippen LogP contribution in [-0.4, -0.2) is 45.2 Å². The number of ether oxygens (including phenoxy) is 3. The zero-order valence-electron chi connectivity index (χ0n) is 12.1. The van der Waals surface area contributed by atoms with Crippen LogP contribution in [0.5, 0.6) is 11.5 Å². The average Bonchev–Trinajstić information content (AvgIpc) is 2.43. The van der Waals surface area contributed by atoms with E-state index in [1.807, 2.05) is 13.0 Å². The Bertz CT molecular complexity index is 414. The van der Waals surface area contributed by atoms with Crippen molar-refractivity contribution in [3.63, 3.8) is 0 Å². The Morgan fingerprint density at radius 2 is 2.05 bits per heavy atom. The second kappa shape index (κ2) is 9.02. The number of methoxy groups -OCH3 is 2. The van der Waals surface area contributed by atoms with Gasteiger partial charge >= 0.3 is 0 Å². The highest BCUT2D eigenvalue weighted by Crippen LogP contribution is 2.34. The van der Waals surface area contributed by atoms with E-state index in [2.05, 4.69) is 5.32 Å². The number of benzene rings is 1. The van der Waals surface area contributed by atoms with Gasteiger partial charge in [-0.15, -0.1) is 0 Å². The lowest BCUT2D eigenvalue weighted by molar-refractivity contribution is 0.0316. The lowest BCUT2D eigenvalue weighted by atomic mass is 10.1. The standard InChI is InChI=1S/C14H22ClNO4/c1-4-16-7-10-5-11(15)6-13(19-3)14(10)20-9-12(17)8-18-2/h5-6,12,16-17H,4,7-9H2,1-3H3. The third kappa shape index (κ3) is 5.17. The number of hydrogen-bond acceptors (Lipinski definition) is 5. The van der Waals surface area contributed by atoms with Crippen LogP contribution >= 0.6 is 11.6 Å². The van der Waals surface area contributed by atoms with E-state index in [0.29, 0.717) is 23.1 Å². The fourth-order valence-electron chi connectivity index (χ4n) is 1.75. The number of rotatable bonds is 9. The minimum atomic E-state index is -0.688. The SMILES string of the molecule is CCNCc1cc(Cl)cc(OC)c1OCC(O)COC. The van der Waals surface area contributed by atoms with Crippen molar-refractivity contribution in [2.45, 2.75) is 19.6 Å². The van der Waals surface area contributed by atoms with Crippen molar-refractivity contribution >= 4 is 11.6 Å². The first-order valence-electron chi connectivity index (χ1n) is 6.49. The predicted molar refractivity (Wildman–Crippen MR) is 78.8 cm³/mol. The highest BCUT2D eigenvalue weighted by atomic mass is 35.5. The third-order valence-corrected chi connectivity index (χ3v) is 2.88. The molecule has 114 valence electrons. The van der Waals surface area contributed by atoms with Gasteiger partial charge in [0.2, 0.25) is 0 Å². The van der Waals surface area contributed by atoms with Gasteiger partial charge in [0.1, 0.15) is 12.7 Å². The molecule has 0 amide bonds. The maximum atomic E-state index is 9.66. The monoisotopic (exact) mass is 303 g/mol. The Labute approximate surface area is 124 Å². The molecular formula is C14H22ClNO4. The molecule has 1 atom stereocenters. The van der Waals surface area contributed by atoms with Gasteiger partial charge in [-0.25, -0.2) is 0 Å². The molecule has 2 N–H and O–H groups in total. The van der Waals surface area contributed by atoms with Gasteiger partial charge in [0, 0.05) is 30.3 Å². The zero-order chi connectivity index (χ0) is 15.0. The maximum Gasteiger partial charge on any atom is 0.165 e. The first kappa shape index (κ1) is 17.0. The van der Waals surface area contributed by atoms with E-state index < -0.39 is 6.10 Å².